The van der Waals surface area contributed by atoms with E-state index < -0.39 is 0 Å². The van der Waals surface area contributed by atoms with Crippen LogP contribution >= 0.6 is 11.6 Å². The van der Waals surface area contributed by atoms with Gasteiger partial charge in [0.15, 0.2) is 5.78 Å². The average molecular weight is 404 g/mol. The highest BCUT2D eigenvalue weighted by molar-refractivity contribution is 6.30. The summed E-state index contributed by atoms with van der Waals surface area (Å²) in [5.74, 6) is -0.463. The fourth-order valence-electron chi connectivity index (χ4n) is 2.84. The highest BCUT2D eigenvalue weighted by atomic mass is 35.5. The Kier molecular flexibility index (Phi) is 5.31. The van der Waals surface area contributed by atoms with Gasteiger partial charge >= 0.3 is 0 Å². The van der Waals surface area contributed by atoms with E-state index in [9.17, 15) is 9.18 Å². The van der Waals surface area contributed by atoms with Gasteiger partial charge in [-0.05, 0) is 72.8 Å². The molecule has 0 spiro atoms. The Hall–Kier alpha value is -3.57. The first-order valence-corrected chi connectivity index (χ1v) is 9.22. The van der Waals surface area contributed by atoms with E-state index in [0.717, 1.165) is 11.1 Å². The molecule has 142 valence electrons. The number of benzene rings is 2. The number of carbonyl (C=O) groups is 1. The Balaban J connectivity index is 1.71. The Morgan fingerprint density at radius 3 is 2.48 bits per heavy atom. The van der Waals surface area contributed by atoms with E-state index >= 15 is 0 Å². The summed E-state index contributed by atoms with van der Waals surface area (Å²) in [5, 5.41) is 5.19. The SMILES string of the molecule is O=C(C=Cc1cn(-c2ccc(F)cc2)nc1-c1cccnc1)c1ccc(Cl)cc1. The zero-order valence-electron chi connectivity index (χ0n) is 15.2. The zero-order valence-corrected chi connectivity index (χ0v) is 15.9. The maximum atomic E-state index is 13.3. The highest BCUT2D eigenvalue weighted by Crippen LogP contribution is 2.24. The lowest BCUT2D eigenvalue weighted by molar-refractivity contribution is 0.104. The molecule has 0 N–H and O–H groups in total. The number of halogens is 2. The second-order valence-corrected chi connectivity index (χ2v) is 6.74. The molecule has 0 aliphatic rings. The Morgan fingerprint density at radius 2 is 1.79 bits per heavy atom. The molecule has 2 aromatic heterocycles. The molecule has 0 bridgehead atoms. The second kappa shape index (κ2) is 8.20. The third-order valence-electron chi connectivity index (χ3n) is 4.31. The van der Waals surface area contributed by atoms with E-state index in [4.69, 9.17) is 11.6 Å². The minimum Gasteiger partial charge on any atom is -0.289 e. The minimum atomic E-state index is -0.318. The van der Waals surface area contributed by atoms with Crippen LogP contribution in [-0.4, -0.2) is 20.5 Å². The van der Waals surface area contributed by atoms with Crippen molar-refractivity contribution in [2.45, 2.75) is 0 Å². The average Bonchev–Trinajstić information content (AvgIpc) is 3.18. The molecule has 0 aliphatic carbocycles. The Bertz CT molecular complexity index is 1170. The monoisotopic (exact) mass is 403 g/mol. The first-order valence-electron chi connectivity index (χ1n) is 8.84. The highest BCUT2D eigenvalue weighted by Gasteiger charge is 2.11. The van der Waals surface area contributed by atoms with Crippen molar-refractivity contribution < 1.29 is 9.18 Å². The van der Waals surface area contributed by atoms with Crippen LogP contribution < -0.4 is 0 Å². The van der Waals surface area contributed by atoms with Crippen molar-refractivity contribution in [1.82, 2.24) is 14.8 Å². The van der Waals surface area contributed by atoms with Gasteiger partial charge in [0.1, 0.15) is 11.5 Å². The first-order chi connectivity index (χ1) is 14.1. The van der Waals surface area contributed by atoms with Gasteiger partial charge in [0.05, 0.1) is 5.69 Å². The van der Waals surface area contributed by atoms with Crippen LogP contribution in [0.25, 0.3) is 23.0 Å². The topological polar surface area (TPSA) is 47.8 Å². The third-order valence-corrected chi connectivity index (χ3v) is 4.56. The van der Waals surface area contributed by atoms with Crippen molar-refractivity contribution in [3.63, 3.8) is 0 Å². The predicted octanol–water partition coefficient (Wildman–Crippen LogP) is 5.62. The van der Waals surface area contributed by atoms with Crippen molar-refractivity contribution in [1.29, 1.82) is 0 Å². The van der Waals surface area contributed by atoms with Gasteiger partial charge in [0, 0.05) is 40.3 Å². The summed E-state index contributed by atoms with van der Waals surface area (Å²) in [5.41, 5.74) is 3.47. The minimum absolute atomic E-state index is 0.145. The Labute approximate surface area is 171 Å². The summed E-state index contributed by atoms with van der Waals surface area (Å²) >= 11 is 5.88. The van der Waals surface area contributed by atoms with E-state index in [2.05, 4.69) is 10.1 Å². The number of rotatable bonds is 5. The molecule has 0 aliphatic heterocycles. The number of hydrogen-bond acceptors (Lipinski definition) is 3. The number of ketones is 1. The lowest BCUT2D eigenvalue weighted by Gasteiger charge is -2.00. The van der Waals surface area contributed by atoms with Crippen molar-refractivity contribution in [3.05, 3.63) is 107 Å². The molecule has 29 heavy (non-hydrogen) atoms. The normalized spacial score (nSPS) is 11.1. The summed E-state index contributed by atoms with van der Waals surface area (Å²) in [6.07, 6.45) is 8.39. The van der Waals surface area contributed by atoms with E-state index in [1.807, 2.05) is 12.1 Å². The van der Waals surface area contributed by atoms with Crippen LogP contribution in [0.3, 0.4) is 0 Å². The number of nitrogens with zero attached hydrogens (tertiary/aromatic N) is 3. The summed E-state index contributed by atoms with van der Waals surface area (Å²) < 4.78 is 14.9. The quantitative estimate of drug-likeness (QED) is 0.321. The summed E-state index contributed by atoms with van der Waals surface area (Å²) in [6, 6.07) is 16.5. The number of carbonyl (C=O) groups excluding carboxylic acids is 1. The maximum Gasteiger partial charge on any atom is 0.185 e. The molecule has 0 unspecified atom stereocenters. The molecule has 0 atom stereocenters. The van der Waals surface area contributed by atoms with Gasteiger partial charge in [0.25, 0.3) is 0 Å². The molecule has 4 rings (SSSR count). The van der Waals surface area contributed by atoms with Gasteiger partial charge in [-0.25, -0.2) is 9.07 Å². The Morgan fingerprint density at radius 1 is 1.03 bits per heavy atom. The zero-order chi connectivity index (χ0) is 20.2. The number of allylic oxidation sites excluding steroid dienone is 1. The molecule has 0 amide bonds. The molecule has 2 heterocycles. The largest absolute Gasteiger partial charge is 0.289 e. The van der Waals surface area contributed by atoms with E-state index in [0.29, 0.717) is 22.0 Å². The van der Waals surface area contributed by atoms with Gasteiger partial charge in [-0.1, -0.05) is 11.6 Å². The summed E-state index contributed by atoms with van der Waals surface area (Å²) in [7, 11) is 0. The predicted molar refractivity (Wildman–Crippen MR) is 112 cm³/mol. The van der Waals surface area contributed by atoms with Crippen LogP contribution in [0.5, 0.6) is 0 Å². The lowest BCUT2D eigenvalue weighted by atomic mass is 10.1. The lowest BCUT2D eigenvalue weighted by Crippen LogP contribution is -1.94. The van der Waals surface area contributed by atoms with Crippen molar-refractivity contribution in [3.8, 4) is 16.9 Å². The molecule has 0 radical (unpaired) electrons. The molecular formula is C23H15ClFN3O. The molecule has 0 saturated carbocycles. The van der Waals surface area contributed by atoms with Crippen LogP contribution in [-0.2, 0) is 0 Å². The van der Waals surface area contributed by atoms with Crippen molar-refractivity contribution in [2.75, 3.05) is 0 Å². The molecule has 4 nitrogen and oxygen atoms in total. The van der Waals surface area contributed by atoms with Crippen LogP contribution in [0.1, 0.15) is 15.9 Å². The van der Waals surface area contributed by atoms with Crippen LogP contribution in [0, 0.1) is 5.82 Å². The van der Waals surface area contributed by atoms with Gasteiger partial charge in [-0.15, -0.1) is 0 Å². The maximum absolute atomic E-state index is 13.3. The molecule has 0 saturated heterocycles. The summed E-state index contributed by atoms with van der Waals surface area (Å²) in [6.45, 7) is 0. The number of aromatic nitrogens is 3. The molecule has 6 heteroatoms. The van der Waals surface area contributed by atoms with E-state index in [1.54, 1.807) is 65.7 Å². The standard InChI is InChI=1S/C23H15ClFN3O/c24-19-6-3-16(4-7-19)22(29)12-5-18-15-28(21-10-8-20(25)9-11-21)27-23(18)17-2-1-13-26-14-17/h1-15H. The van der Waals surface area contributed by atoms with Crippen LogP contribution in [0.15, 0.2) is 85.3 Å². The number of pyridine rings is 1. The fourth-order valence-corrected chi connectivity index (χ4v) is 2.96. The number of hydrogen-bond donors (Lipinski definition) is 0. The second-order valence-electron chi connectivity index (χ2n) is 6.30. The van der Waals surface area contributed by atoms with Gasteiger partial charge in [-0.2, -0.15) is 5.10 Å². The first kappa shape index (κ1) is 18.8. The third kappa shape index (κ3) is 4.31. The summed E-state index contributed by atoms with van der Waals surface area (Å²) in [4.78, 5) is 16.6. The smallest absolute Gasteiger partial charge is 0.185 e. The van der Waals surface area contributed by atoms with Crippen molar-refractivity contribution >= 4 is 23.5 Å². The molecule has 2 aromatic carbocycles. The van der Waals surface area contributed by atoms with Crippen LogP contribution in [0.2, 0.25) is 5.02 Å². The fraction of sp³-hybridized carbons (Fsp3) is 0. The van der Waals surface area contributed by atoms with Crippen LogP contribution in [0.4, 0.5) is 4.39 Å². The van der Waals surface area contributed by atoms with Crippen molar-refractivity contribution in [2.24, 2.45) is 0 Å². The molecule has 4 aromatic rings. The van der Waals surface area contributed by atoms with Gasteiger partial charge in [-0.3, -0.25) is 9.78 Å². The molecule has 0 fully saturated rings. The van der Waals surface area contributed by atoms with Gasteiger partial charge in [0.2, 0.25) is 0 Å². The van der Waals surface area contributed by atoms with E-state index in [-0.39, 0.29) is 11.6 Å². The van der Waals surface area contributed by atoms with Gasteiger partial charge < -0.3 is 0 Å². The molecular weight excluding hydrogens is 389 g/mol. The van der Waals surface area contributed by atoms with E-state index in [1.165, 1.54) is 18.2 Å².